The third-order valence-electron chi connectivity index (χ3n) is 3.80. The van der Waals surface area contributed by atoms with Crippen LogP contribution in [0.4, 0.5) is 0 Å². The minimum atomic E-state index is 0.0342. The Morgan fingerprint density at radius 1 is 1.48 bits per heavy atom. The number of nitrogens with two attached hydrogens (primary N) is 1. The fourth-order valence-electron chi connectivity index (χ4n) is 2.74. The molecule has 21 heavy (non-hydrogen) atoms. The second kappa shape index (κ2) is 7.43. The number of likely N-dealkylation sites (N-methyl/N-ethyl adjacent to an activating group) is 1. The van der Waals surface area contributed by atoms with E-state index >= 15 is 0 Å². The number of nitrogens with one attached hydrogen (secondary N) is 1. The van der Waals surface area contributed by atoms with E-state index in [1.807, 2.05) is 18.2 Å². The molecule has 1 aliphatic rings. The Morgan fingerprint density at radius 3 is 2.90 bits per heavy atom. The van der Waals surface area contributed by atoms with Gasteiger partial charge in [0.15, 0.2) is 0 Å². The van der Waals surface area contributed by atoms with Crippen LogP contribution in [0.1, 0.15) is 30.4 Å². The average Bonchev–Trinajstić information content (AvgIpc) is 2.48. The van der Waals surface area contributed by atoms with E-state index in [1.165, 1.54) is 12.8 Å². The number of hydrogen-bond acceptors (Lipinski definition) is 4. The summed E-state index contributed by atoms with van der Waals surface area (Å²) < 4.78 is 11.0. The normalized spacial score (nSPS) is 18.7. The van der Waals surface area contributed by atoms with Crippen molar-refractivity contribution in [3.63, 3.8) is 0 Å². The van der Waals surface area contributed by atoms with Gasteiger partial charge in [0.2, 0.25) is 0 Å². The van der Waals surface area contributed by atoms with Crippen molar-refractivity contribution in [1.29, 1.82) is 5.41 Å². The average molecular weight is 291 g/mol. The van der Waals surface area contributed by atoms with Crippen LogP contribution < -0.4 is 10.5 Å². The molecule has 0 aliphatic carbocycles. The lowest BCUT2D eigenvalue weighted by Crippen LogP contribution is -2.33. The Hall–Kier alpha value is -1.59. The largest absolute Gasteiger partial charge is 0.496 e. The number of nitrogen functional groups attached to an aromatic ring is 1. The number of ether oxygens (including phenoxy) is 2. The number of rotatable bonds is 6. The first kappa shape index (κ1) is 15.8. The van der Waals surface area contributed by atoms with E-state index < -0.39 is 0 Å². The predicted octanol–water partition coefficient (Wildman–Crippen LogP) is 1.98. The molecule has 1 fully saturated rings. The highest BCUT2D eigenvalue weighted by molar-refractivity contribution is 5.97. The fraction of sp³-hybridized carbons (Fsp3) is 0.562. The molecule has 2 rings (SSSR count). The number of amidine groups is 1. The van der Waals surface area contributed by atoms with Crippen molar-refractivity contribution >= 4 is 5.84 Å². The van der Waals surface area contributed by atoms with Gasteiger partial charge in [-0.1, -0.05) is 6.07 Å². The molecule has 5 nitrogen and oxygen atoms in total. The molecule has 0 spiro atoms. The molecule has 5 heteroatoms. The van der Waals surface area contributed by atoms with E-state index in [0.717, 1.165) is 31.7 Å². The van der Waals surface area contributed by atoms with Gasteiger partial charge in [0, 0.05) is 19.7 Å². The van der Waals surface area contributed by atoms with Gasteiger partial charge < -0.3 is 15.2 Å². The molecule has 116 valence electrons. The lowest BCUT2D eigenvalue weighted by atomic mass is 10.1. The van der Waals surface area contributed by atoms with Crippen LogP contribution in [0.15, 0.2) is 18.2 Å². The van der Waals surface area contributed by atoms with Gasteiger partial charge in [-0.25, -0.2) is 0 Å². The second-order valence-electron chi connectivity index (χ2n) is 5.63. The van der Waals surface area contributed by atoms with Crippen LogP contribution in [0.25, 0.3) is 0 Å². The molecule has 1 unspecified atom stereocenters. The van der Waals surface area contributed by atoms with Crippen LogP contribution in [0.5, 0.6) is 5.75 Å². The topological polar surface area (TPSA) is 71.6 Å². The Morgan fingerprint density at radius 2 is 2.29 bits per heavy atom. The molecule has 1 heterocycles. The minimum Gasteiger partial charge on any atom is -0.496 e. The molecule has 1 aromatic carbocycles. The summed E-state index contributed by atoms with van der Waals surface area (Å²) in [6.45, 7) is 2.63. The summed E-state index contributed by atoms with van der Waals surface area (Å²) in [5.74, 6) is 0.677. The monoisotopic (exact) mass is 291 g/mol. The summed E-state index contributed by atoms with van der Waals surface area (Å²) in [5, 5.41) is 7.63. The van der Waals surface area contributed by atoms with Crippen molar-refractivity contribution < 1.29 is 9.47 Å². The summed E-state index contributed by atoms with van der Waals surface area (Å²) in [4.78, 5) is 2.25. The summed E-state index contributed by atoms with van der Waals surface area (Å²) in [5.41, 5.74) is 7.38. The zero-order chi connectivity index (χ0) is 15.2. The third-order valence-corrected chi connectivity index (χ3v) is 3.80. The Kier molecular flexibility index (Phi) is 5.59. The zero-order valence-corrected chi connectivity index (χ0v) is 12.9. The summed E-state index contributed by atoms with van der Waals surface area (Å²) in [6, 6.07) is 5.82. The first-order chi connectivity index (χ1) is 10.1. The van der Waals surface area contributed by atoms with Crippen LogP contribution in [0.3, 0.4) is 0 Å². The lowest BCUT2D eigenvalue weighted by molar-refractivity contribution is -0.00259. The van der Waals surface area contributed by atoms with E-state index in [-0.39, 0.29) is 5.84 Å². The summed E-state index contributed by atoms with van der Waals surface area (Å²) in [6.07, 6.45) is 3.93. The fourth-order valence-corrected chi connectivity index (χ4v) is 2.74. The Balaban J connectivity index is 1.98. The Labute approximate surface area is 126 Å². The van der Waals surface area contributed by atoms with Crippen molar-refractivity contribution in [2.45, 2.75) is 31.9 Å². The van der Waals surface area contributed by atoms with Gasteiger partial charge in [-0.05, 0) is 44.0 Å². The van der Waals surface area contributed by atoms with Crippen molar-refractivity contribution in [1.82, 2.24) is 4.90 Å². The van der Waals surface area contributed by atoms with Gasteiger partial charge in [-0.2, -0.15) is 0 Å². The molecule has 0 bridgehead atoms. The molecule has 1 atom stereocenters. The SMILES string of the molecule is COc1ccc(CN(C)CC2CCCCO2)cc1C(=N)N. The number of methoxy groups -OCH3 is 1. The quantitative estimate of drug-likeness (QED) is 0.621. The van der Waals surface area contributed by atoms with Gasteiger partial charge in [0.25, 0.3) is 0 Å². The van der Waals surface area contributed by atoms with Gasteiger partial charge in [0.05, 0.1) is 18.8 Å². The molecule has 0 aromatic heterocycles. The third kappa shape index (κ3) is 4.44. The molecule has 1 aliphatic heterocycles. The first-order valence-corrected chi connectivity index (χ1v) is 7.41. The maximum Gasteiger partial charge on any atom is 0.129 e. The van der Waals surface area contributed by atoms with E-state index in [4.69, 9.17) is 20.6 Å². The van der Waals surface area contributed by atoms with Crippen LogP contribution in [-0.4, -0.2) is 44.1 Å². The van der Waals surface area contributed by atoms with Gasteiger partial charge >= 0.3 is 0 Å². The van der Waals surface area contributed by atoms with Gasteiger partial charge in [-0.15, -0.1) is 0 Å². The summed E-state index contributed by atoms with van der Waals surface area (Å²) in [7, 11) is 3.68. The molecular formula is C16H25N3O2. The smallest absolute Gasteiger partial charge is 0.129 e. The molecule has 0 amide bonds. The highest BCUT2D eigenvalue weighted by Crippen LogP contribution is 2.20. The van der Waals surface area contributed by atoms with Crippen molar-refractivity contribution in [2.75, 3.05) is 27.3 Å². The maximum atomic E-state index is 7.63. The van der Waals surface area contributed by atoms with E-state index in [2.05, 4.69) is 11.9 Å². The van der Waals surface area contributed by atoms with E-state index in [9.17, 15) is 0 Å². The molecule has 1 saturated heterocycles. The van der Waals surface area contributed by atoms with Gasteiger partial charge in [-0.3, -0.25) is 10.3 Å². The number of benzene rings is 1. The van der Waals surface area contributed by atoms with Crippen molar-refractivity contribution in [3.05, 3.63) is 29.3 Å². The minimum absolute atomic E-state index is 0.0342. The van der Waals surface area contributed by atoms with Crippen molar-refractivity contribution in [2.24, 2.45) is 5.73 Å². The molecular weight excluding hydrogens is 266 g/mol. The number of nitrogens with zero attached hydrogens (tertiary/aromatic N) is 1. The zero-order valence-electron chi connectivity index (χ0n) is 12.9. The predicted molar refractivity (Wildman–Crippen MR) is 83.9 cm³/mol. The van der Waals surface area contributed by atoms with Crippen LogP contribution in [0.2, 0.25) is 0 Å². The van der Waals surface area contributed by atoms with Crippen LogP contribution >= 0.6 is 0 Å². The van der Waals surface area contributed by atoms with E-state index in [1.54, 1.807) is 7.11 Å². The standard InChI is InChI=1S/C16H25N3O2/c1-19(11-13-5-3-4-8-21-13)10-12-6-7-15(20-2)14(9-12)16(17)18/h6-7,9,13H,3-5,8,10-11H2,1-2H3,(H3,17,18). The van der Waals surface area contributed by atoms with E-state index in [0.29, 0.717) is 17.4 Å². The van der Waals surface area contributed by atoms with Crippen LogP contribution in [-0.2, 0) is 11.3 Å². The highest BCUT2D eigenvalue weighted by Gasteiger charge is 2.16. The molecule has 3 N–H and O–H groups in total. The molecule has 1 aromatic rings. The second-order valence-corrected chi connectivity index (χ2v) is 5.63. The summed E-state index contributed by atoms with van der Waals surface area (Å²) >= 11 is 0. The van der Waals surface area contributed by atoms with Crippen LogP contribution in [0, 0.1) is 5.41 Å². The lowest BCUT2D eigenvalue weighted by Gasteiger charge is -2.27. The number of hydrogen-bond donors (Lipinski definition) is 2. The van der Waals surface area contributed by atoms with Gasteiger partial charge in [0.1, 0.15) is 11.6 Å². The molecule has 0 radical (unpaired) electrons. The maximum absolute atomic E-state index is 7.63. The van der Waals surface area contributed by atoms with Crippen molar-refractivity contribution in [3.8, 4) is 5.75 Å². The molecule has 0 saturated carbocycles. The Bertz CT molecular complexity index is 484. The first-order valence-electron chi connectivity index (χ1n) is 7.41. The highest BCUT2D eigenvalue weighted by atomic mass is 16.5.